The van der Waals surface area contributed by atoms with Crippen LogP contribution >= 0.6 is 0 Å². The number of benzene rings is 1. The van der Waals surface area contributed by atoms with Crippen LogP contribution in [0.15, 0.2) is 41.7 Å². The first-order valence-electron chi connectivity index (χ1n) is 8.45. The number of nitrogens with one attached hydrogen (secondary N) is 1. The molecule has 1 unspecified atom stereocenters. The van der Waals surface area contributed by atoms with Crippen LogP contribution in [0.4, 0.5) is 0 Å². The second kappa shape index (κ2) is 7.51. The van der Waals surface area contributed by atoms with Gasteiger partial charge < -0.3 is 24.3 Å². The van der Waals surface area contributed by atoms with Crippen LogP contribution in [0.2, 0.25) is 0 Å². The molecule has 1 atom stereocenters. The summed E-state index contributed by atoms with van der Waals surface area (Å²) in [4.78, 5) is 25.1. The lowest BCUT2D eigenvalue weighted by molar-refractivity contribution is -0.143. The average Bonchev–Trinajstić information content (AvgIpc) is 3.09. The predicted molar refractivity (Wildman–Crippen MR) is 92.5 cm³/mol. The minimum absolute atomic E-state index is 0.0886. The minimum Gasteiger partial charge on any atom is -0.463 e. The number of hydrogen-bond donors (Lipinski definition) is 1. The molecule has 3 rings (SSSR count). The lowest BCUT2D eigenvalue weighted by Crippen LogP contribution is -2.28. The summed E-state index contributed by atoms with van der Waals surface area (Å²) in [6.07, 6.45) is 2.78. The zero-order valence-electron chi connectivity index (χ0n) is 14.9. The average molecular weight is 359 g/mol. The van der Waals surface area contributed by atoms with Crippen molar-refractivity contribution in [2.24, 2.45) is 0 Å². The summed E-state index contributed by atoms with van der Waals surface area (Å²) in [5.74, 6) is -0.620. The summed E-state index contributed by atoms with van der Waals surface area (Å²) in [7, 11) is 0. The number of carbonyl (C=O) groups excluding carboxylic acids is 2. The smallest absolute Gasteiger partial charge is 0.336 e. The number of para-hydroxylation sites is 1. The van der Waals surface area contributed by atoms with Crippen molar-refractivity contribution in [1.29, 1.82) is 0 Å². The zero-order valence-corrected chi connectivity index (χ0v) is 14.9. The highest BCUT2D eigenvalue weighted by atomic mass is 16.7. The first kappa shape index (κ1) is 17.8. The van der Waals surface area contributed by atoms with Gasteiger partial charge in [-0.3, -0.25) is 0 Å². The van der Waals surface area contributed by atoms with Crippen molar-refractivity contribution in [3.63, 3.8) is 0 Å². The normalized spacial score (nSPS) is 17.9. The molecule has 26 heavy (non-hydrogen) atoms. The summed E-state index contributed by atoms with van der Waals surface area (Å²) < 4.78 is 21.5. The van der Waals surface area contributed by atoms with E-state index >= 15 is 0 Å². The second-order valence-corrected chi connectivity index (χ2v) is 6.05. The van der Waals surface area contributed by atoms with E-state index in [-0.39, 0.29) is 19.5 Å². The summed E-state index contributed by atoms with van der Waals surface area (Å²) in [6, 6.07) is 5.36. The van der Waals surface area contributed by atoms with Gasteiger partial charge in [-0.05, 0) is 26.8 Å². The Morgan fingerprint density at radius 1 is 1.19 bits per heavy atom. The van der Waals surface area contributed by atoms with Gasteiger partial charge in [0.05, 0.1) is 29.8 Å². The van der Waals surface area contributed by atoms with Crippen molar-refractivity contribution < 1.29 is 28.5 Å². The van der Waals surface area contributed by atoms with Gasteiger partial charge in [0.1, 0.15) is 0 Å². The molecule has 0 amide bonds. The van der Waals surface area contributed by atoms with Crippen LogP contribution in [0.5, 0.6) is 11.5 Å². The molecule has 0 aliphatic carbocycles. The molecule has 0 radical (unpaired) electrons. The Hall–Kier alpha value is -2.96. The highest BCUT2D eigenvalue weighted by molar-refractivity contribution is 5.99. The molecule has 138 valence electrons. The predicted octanol–water partition coefficient (Wildman–Crippen LogP) is 2.38. The fourth-order valence-electron chi connectivity index (χ4n) is 2.92. The molecule has 0 spiro atoms. The second-order valence-electron chi connectivity index (χ2n) is 6.05. The molecule has 0 bridgehead atoms. The molecule has 2 aliphatic heterocycles. The summed E-state index contributed by atoms with van der Waals surface area (Å²) in [5, 5.41) is 2.85. The number of esters is 2. The number of hydrogen-bond acceptors (Lipinski definition) is 7. The lowest BCUT2D eigenvalue weighted by Gasteiger charge is -2.26. The topological polar surface area (TPSA) is 83.1 Å². The van der Waals surface area contributed by atoms with E-state index < -0.39 is 17.9 Å². The highest BCUT2D eigenvalue weighted by Gasteiger charge is 2.37. The molecule has 1 N–H and O–H groups in total. The number of ether oxygens (including phenoxy) is 4. The highest BCUT2D eigenvalue weighted by Crippen LogP contribution is 2.45. The van der Waals surface area contributed by atoms with E-state index in [1.165, 1.54) is 12.4 Å². The van der Waals surface area contributed by atoms with E-state index in [0.29, 0.717) is 28.2 Å². The Balaban J connectivity index is 2.06. The van der Waals surface area contributed by atoms with Gasteiger partial charge >= 0.3 is 11.9 Å². The molecule has 7 heteroatoms. The number of fused-ring (bicyclic) bond motifs is 1. The number of dihydropyridines is 1. The molecule has 0 fully saturated rings. The van der Waals surface area contributed by atoms with Crippen LogP contribution in [-0.2, 0) is 19.1 Å². The molecule has 1 aromatic rings. The first-order valence-corrected chi connectivity index (χ1v) is 8.45. The summed E-state index contributed by atoms with van der Waals surface area (Å²) >= 11 is 0. The van der Waals surface area contributed by atoms with Crippen LogP contribution in [0.1, 0.15) is 32.3 Å². The summed E-state index contributed by atoms with van der Waals surface area (Å²) in [5.41, 5.74) is 1.25. The monoisotopic (exact) mass is 359 g/mol. The van der Waals surface area contributed by atoms with Crippen LogP contribution in [0.3, 0.4) is 0 Å². The Morgan fingerprint density at radius 3 is 2.62 bits per heavy atom. The third-order valence-corrected chi connectivity index (χ3v) is 3.93. The Morgan fingerprint density at radius 2 is 1.92 bits per heavy atom. The third kappa shape index (κ3) is 3.37. The van der Waals surface area contributed by atoms with Gasteiger partial charge in [-0.1, -0.05) is 12.1 Å². The summed E-state index contributed by atoms with van der Waals surface area (Å²) in [6.45, 7) is 5.58. The zero-order chi connectivity index (χ0) is 18.7. The van der Waals surface area contributed by atoms with Gasteiger partial charge in [-0.2, -0.15) is 0 Å². The molecule has 0 saturated carbocycles. The maximum absolute atomic E-state index is 12.6. The van der Waals surface area contributed by atoms with Crippen LogP contribution < -0.4 is 14.8 Å². The number of rotatable bonds is 5. The maximum atomic E-state index is 12.6. The van der Waals surface area contributed by atoms with Gasteiger partial charge in [-0.15, -0.1) is 0 Å². The first-order chi connectivity index (χ1) is 12.5. The molecular formula is C19H21NO6. The van der Waals surface area contributed by atoms with Crippen LogP contribution in [-0.4, -0.2) is 31.4 Å². The van der Waals surface area contributed by atoms with Crippen molar-refractivity contribution in [2.75, 3.05) is 13.4 Å². The van der Waals surface area contributed by atoms with Crippen molar-refractivity contribution in [3.05, 3.63) is 47.3 Å². The fourth-order valence-corrected chi connectivity index (χ4v) is 2.92. The Kier molecular flexibility index (Phi) is 5.16. The lowest BCUT2D eigenvalue weighted by atomic mass is 9.83. The van der Waals surface area contributed by atoms with E-state index in [1.807, 2.05) is 0 Å². The third-order valence-electron chi connectivity index (χ3n) is 3.93. The van der Waals surface area contributed by atoms with Crippen molar-refractivity contribution in [2.45, 2.75) is 32.8 Å². The van der Waals surface area contributed by atoms with Crippen LogP contribution in [0, 0.1) is 0 Å². The van der Waals surface area contributed by atoms with Crippen molar-refractivity contribution in [1.82, 2.24) is 5.32 Å². The van der Waals surface area contributed by atoms with Crippen molar-refractivity contribution >= 4 is 11.9 Å². The van der Waals surface area contributed by atoms with Gasteiger partial charge in [-0.25, -0.2) is 9.59 Å². The Labute approximate surface area is 151 Å². The van der Waals surface area contributed by atoms with E-state index in [9.17, 15) is 9.59 Å². The van der Waals surface area contributed by atoms with E-state index in [4.69, 9.17) is 18.9 Å². The van der Waals surface area contributed by atoms with Gasteiger partial charge in [0.15, 0.2) is 11.5 Å². The minimum atomic E-state index is -0.682. The van der Waals surface area contributed by atoms with Crippen LogP contribution in [0.25, 0.3) is 0 Å². The van der Waals surface area contributed by atoms with E-state index in [1.54, 1.807) is 39.0 Å². The van der Waals surface area contributed by atoms with E-state index in [2.05, 4.69) is 5.32 Å². The molecule has 0 aromatic heterocycles. The quantitative estimate of drug-likeness (QED) is 0.808. The van der Waals surface area contributed by atoms with E-state index in [0.717, 1.165) is 0 Å². The molecule has 7 nitrogen and oxygen atoms in total. The largest absolute Gasteiger partial charge is 0.463 e. The number of carbonyl (C=O) groups is 2. The Bertz CT molecular complexity index is 780. The van der Waals surface area contributed by atoms with Gasteiger partial charge in [0.25, 0.3) is 0 Å². The van der Waals surface area contributed by atoms with Crippen molar-refractivity contribution in [3.8, 4) is 11.5 Å². The molecule has 1 aromatic carbocycles. The maximum Gasteiger partial charge on any atom is 0.336 e. The fraction of sp³-hybridized carbons (Fsp3) is 0.368. The standard InChI is InChI=1S/C19H21NO6/c1-4-23-18(21)13-8-20-9-14(19(22)26-11(2)3)16(13)12-6-5-7-15-17(12)25-10-24-15/h5-9,11,16,20H,4,10H2,1-3H3. The van der Waals surface area contributed by atoms with Gasteiger partial charge in [0.2, 0.25) is 6.79 Å². The molecule has 2 heterocycles. The van der Waals surface area contributed by atoms with Gasteiger partial charge in [0, 0.05) is 18.0 Å². The molecule has 0 saturated heterocycles. The molecular weight excluding hydrogens is 338 g/mol. The molecule has 2 aliphatic rings. The SMILES string of the molecule is CCOC(=O)C1=CNC=C(C(=O)OC(C)C)C1c1cccc2c1OCO2.